The molecule has 2 heterocycles. The van der Waals surface area contributed by atoms with Gasteiger partial charge in [-0.1, -0.05) is 6.07 Å². The minimum Gasteiger partial charge on any atom is -0.351 e. The molecule has 2 nitrogen and oxygen atoms in total. The van der Waals surface area contributed by atoms with Crippen LogP contribution in [-0.2, 0) is 6.42 Å². The summed E-state index contributed by atoms with van der Waals surface area (Å²) in [6.45, 7) is 0.689. The third kappa shape index (κ3) is 3.17. The molecule has 0 unspecified atom stereocenters. The maximum atomic E-state index is 11.7. The van der Waals surface area contributed by atoms with Crippen LogP contribution in [0.5, 0.6) is 0 Å². The van der Waals surface area contributed by atoms with E-state index in [-0.39, 0.29) is 5.91 Å². The molecule has 2 aromatic heterocycles. The van der Waals surface area contributed by atoms with Gasteiger partial charge in [0.25, 0.3) is 5.91 Å². The van der Waals surface area contributed by atoms with Crippen LogP contribution in [0.4, 0.5) is 0 Å². The van der Waals surface area contributed by atoms with E-state index in [1.807, 2.05) is 23.6 Å². The average Bonchev–Trinajstić information content (AvgIpc) is 2.89. The third-order valence-electron chi connectivity index (χ3n) is 2.03. The van der Waals surface area contributed by atoms with Crippen molar-refractivity contribution in [3.05, 3.63) is 43.2 Å². The molecule has 2 rings (SSSR count). The first-order valence-corrected chi connectivity index (χ1v) is 7.30. The Kier molecular flexibility index (Phi) is 4.15. The summed E-state index contributed by atoms with van der Waals surface area (Å²) in [5.74, 6) is 0.00672. The van der Waals surface area contributed by atoms with Gasteiger partial charge in [0, 0.05) is 11.4 Å². The Bertz CT molecular complexity index is 464. The Morgan fingerprint density at radius 2 is 2.25 bits per heavy atom. The van der Waals surface area contributed by atoms with E-state index in [0.717, 1.165) is 15.1 Å². The number of carbonyl (C=O) groups is 1. The molecular formula is C11H10BrNOS2. The molecule has 0 saturated carbocycles. The van der Waals surface area contributed by atoms with E-state index in [1.54, 1.807) is 11.3 Å². The fourth-order valence-corrected chi connectivity index (χ4v) is 3.29. The first kappa shape index (κ1) is 11.8. The fourth-order valence-electron chi connectivity index (χ4n) is 1.28. The number of hydrogen-bond donors (Lipinski definition) is 1. The smallest absolute Gasteiger partial charge is 0.261 e. The fraction of sp³-hybridized carbons (Fsp3) is 0.182. The van der Waals surface area contributed by atoms with E-state index >= 15 is 0 Å². The molecule has 0 radical (unpaired) electrons. The summed E-state index contributed by atoms with van der Waals surface area (Å²) < 4.78 is 0.982. The highest BCUT2D eigenvalue weighted by atomic mass is 79.9. The largest absolute Gasteiger partial charge is 0.351 e. The number of amides is 1. The first-order chi connectivity index (χ1) is 7.75. The van der Waals surface area contributed by atoms with E-state index in [4.69, 9.17) is 0 Å². The topological polar surface area (TPSA) is 29.1 Å². The highest BCUT2D eigenvalue weighted by Gasteiger charge is 2.07. The van der Waals surface area contributed by atoms with Gasteiger partial charge in [0.05, 0.1) is 8.66 Å². The van der Waals surface area contributed by atoms with Crippen LogP contribution >= 0.6 is 38.6 Å². The Hall–Kier alpha value is -0.650. The lowest BCUT2D eigenvalue weighted by molar-refractivity contribution is 0.0958. The highest BCUT2D eigenvalue weighted by Crippen LogP contribution is 2.21. The van der Waals surface area contributed by atoms with Crippen molar-refractivity contribution in [3.8, 4) is 0 Å². The lowest BCUT2D eigenvalue weighted by atomic mass is 10.3. The van der Waals surface area contributed by atoms with Gasteiger partial charge < -0.3 is 5.32 Å². The summed E-state index contributed by atoms with van der Waals surface area (Å²) in [4.78, 5) is 13.7. The van der Waals surface area contributed by atoms with Gasteiger partial charge >= 0.3 is 0 Å². The van der Waals surface area contributed by atoms with Gasteiger partial charge in [-0.15, -0.1) is 22.7 Å². The molecule has 0 fully saturated rings. The van der Waals surface area contributed by atoms with Gasteiger partial charge in [0.15, 0.2) is 0 Å². The molecule has 0 bridgehead atoms. The predicted molar refractivity (Wildman–Crippen MR) is 72.4 cm³/mol. The monoisotopic (exact) mass is 315 g/mol. The number of halogens is 1. The third-order valence-corrected chi connectivity index (χ3v) is 4.59. The Morgan fingerprint density at radius 3 is 2.88 bits per heavy atom. The molecule has 0 aliphatic carbocycles. The Labute approximate surface area is 110 Å². The Balaban J connectivity index is 1.80. The van der Waals surface area contributed by atoms with E-state index < -0.39 is 0 Å². The van der Waals surface area contributed by atoms with Crippen LogP contribution in [0.15, 0.2) is 33.4 Å². The second kappa shape index (κ2) is 5.61. The molecule has 84 valence electrons. The van der Waals surface area contributed by atoms with Gasteiger partial charge in [-0.25, -0.2) is 0 Å². The highest BCUT2D eigenvalue weighted by molar-refractivity contribution is 9.11. The van der Waals surface area contributed by atoms with Crippen molar-refractivity contribution in [2.75, 3.05) is 6.54 Å². The lowest BCUT2D eigenvalue weighted by Gasteiger charge is -2.01. The van der Waals surface area contributed by atoms with E-state index in [1.165, 1.54) is 16.2 Å². The van der Waals surface area contributed by atoms with Crippen molar-refractivity contribution < 1.29 is 4.79 Å². The minimum atomic E-state index is 0.00672. The standard InChI is InChI=1S/C11H10BrNOS2/c12-10-4-3-9(16-10)11(14)13-6-5-8-2-1-7-15-8/h1-4,7H,5-6H2,(H,13,14). The maximum Gasteiger partial charge on any atom is 0.261 e. The molecule has 2 aromatic rings. The van der Waals surface area contributed by atoms with Crippen molar-refractivity contribution in [1.29, 1.82) is 0 Å². The normalized spacial score (nSPS) is 10.3. The second-order valence-corrected chi connectivity index (χ2v) is 6.68. The SMILES string of the molecule is O=C(NCCc1cccs1)c1ccc(Br)s1. The van der Waals surface area contributed by atoms with E-state index in [2.05, 4.69) is 27.3 Å². The number of rotatable bonds is 4. The van der Waals surface area contributed by atoms with Crippen molar-refractivity contribution in [2.45, 2.75) is 6.42 Å². The van der Waals surface area contributed by atoms with Gasteiger partial charge in [-0.05, 0) is 45.9 Å². The molecule has 0 aliphatic rings. The van der Waals surface area contributed by atoms with Crippen LogP contribution in [-0.4, -0.2) is 12.5 Å². The van der Waals surface area contributed by atoms with Crippen LogP contribution in [0.2, 0.25) is 0 Å². The number of nitrogens with one attached hydrogen (secondary N) is 1. The van der Waals surface area contributed by atoms with Crippen LogP contribution in [0.25, 0.3) is 0 Å². The molecule has 0 atom stereocenters. The summed E-state index contributed by atoms with van der Waals surface area (Å²) in [5.41, 5.74) is 0. The van der Waals surface area contributed by atoms with Crippen molar-refractivity contribution in [3.63, 3.8) is 0 Å². The van der Waals surface area contributed by atoms with Crippen LogP contribution in [0, 0.1) is 0 Å². The van der Waals surface area contributed by atoms with Gasteiger partial charge in [-0.3, -0.25) is 4.79 Å². The summed E-state index contributed by atoms with van der Waals surface area (Å²) in [6.07, 6.45) is 0.899. The lowest BCUT2D eigenvalue weighted by Crippen LogP contribution is -2.24. The molecule has 1 N–H and O–H groups in total. The molecule has 0 aromatic carbocycles. The predicted octanol–water partition coefficient (Wildman–Crippen LogP) is 3.54. The van der Waals surface area contributed by atoms with Gasteiger partial charge in [-0.2, -0.15) is 0 Å². The zero-order chi connectivity index (χ0) is 11.4. The van der Waals surface area contributed by atoms with Gasteiger partial charge in [0.2, 0.25) is 0 Å². The molecule has 0 saturated heterocycles. The molecule has 0 spiro atoms. The van der Waals surface area contributed by atoms with Crippen molar-refractivity contribution >= 4 is 44.5 Å². The van der Waals surface area contributed by atoms with Crippen LogP contribution < -0.4 is 5.32 Å². The number of thiophene rings is 2. The summed E-state index contributed by atoms with van der Waals surface area (Å²) in [6, 6.07) is 7.82. The summed E-state index contributed by atoms with van der Waals surface area (Å²) >= 11 is 6.51. The zero-order valence-corrected chi connectivity index (χ0v) is 11.6. The van der Waals surface area contributed by atoms with Crippen LogP contribution in [0.1, 0.15) is 14.5 Å². The molecule has 5 heteroatoms. The number of carbonyl (C=O) groups excluding carboxylic acids is 1. The van der Waals surface area contributed by atoms with Crippen molar-refractivity contribution in [2.24, 2.45) is 0 Å². The van der Waals surface area contributed by atoms with E-state index in [0.29, 0.717) is 6.54 Å². The molecule has 1 amide bonds. The van der Waals surface area contributed by atoms with Crippen LogP contribution in [0.3, 0.4) is 0 Å². The zero-order valence-electron chi connectivity index (χ0n) is 8.40. The average molecular weight is 316 g/mol. The first-order valence-electron chi connectivity index (χ1n) is 4.81. The maximum absolute atomic E-state index is 11.7. The molecule has 16 heavy (non-hydrogen) atoms. The summed E-state index contributed by atoms with van der Waals surface area (Å²) in [7, 11) is 0. The molecule has 0 aliphatic heterocycles. The minimum absolute atomic E-state index is 0.00672. The quantitative estimate of drug-likeness (QED) is 0.918. The van der Waals surface area contributed by atoms with Gasteiger partial charge in [0.1, 0.15) is 0 Å². The van der Waals surface area contributed by atoms with E-state index in [9.17, 15) is 4.79 Å². The summed E-state index contributed by atoms with van der Waals surface area (Å²) in [5, 5.41) is 4.96. The molecular weight excluding hydrogens is 306 g/mol. The second-order valence-electron chi connectivity index (χ2n) is 3.19. The Morgan fingerprint density at radius 1 is 1.38 bits per heavy atom. The van der Waals surface area contributed by atoms with Crippen molar-refractivity contribution in [1.82, 2.24) is 5.32 Å². The number of hydrogen-bond acceptors (Lipinski definition) is 3.